The highest BCUT2D eigenvalue weighted by molar-refractivity contribution is 14.1. The predicted molar refractivity (Wildman–Crippen MR) is 156 cm³/mol. The topological polar surface area (TPSA) is 105 Å². The molecule has 3 aromatic rings. The molecule has 12 heteroatoms. The Kier molecular flexibility index (Phi) is 8.57. The third-order valence-corrected chi connectivity index (χ3v) is 7.47. The van der Waals surface area contributed by atoms with Gasteiger partial charge in [0.15, 0.2) is 0 Å². The fourth-order valence-corrected chi connectivity index (χ4v) is 5.62. The maximum Gasteiger partial charge on any atom is 0.410 e. The first-order chi connectivity index (χ1) is 18.8. The maximum atomic E-state index is 15.7. The molecule has 1 N–H and O–H groups in total. The molecule has 1 aromatic carbocycles. The summed E-state index contributed by atoms with van der Waals surface area (Å²) in [4.78, 5) is 45.8. The molecule has 1 atom stereocenters. The highest BCUT2D eigenvalue weighted by Gasteiger charge is 2.37. The van der Waals surface area contributed by atoms with Crippen molar-refractivity contribution in [3.8, 4) is 11.3 Å². The van der Waals surface area contributed by atoms with Gasteiger partial charge in [-0.3, -0.25) is 4.79 Å². The number of rotatable bonds is 4. The van der Waals surface area contributed by atoms with Crippen LogP contribution < -0.4 is 5.32 Å². The molecule has 3 amide bonds. The molecule has 10 nitrogen and oxygen atoms in total. The molecule has 1 saturated heterocycles. The lowest BCUT2D eigenvalue weighted by Crippen LogP contribution is -2.58. The zero-order valence-corrected chi connectivity index (χ0v) is 25.5. The number of pyridine rings is 1. The van der Waals surface area contributed by atoms with E-state index >= 15 is 4.39 Å². The van der Waals surface area contributed by atoms with E-state index in [0.717, 1.165) is 5.56 Å². The van der Waals surface area contributed by atoms with Gasteiger partial charge in [0.1, 0.15) is 17.1 Å². The number of benzene rings is 1. The quantitative estimate of drug-likeness (QED) is 0.408. The van der Waals surface area contributed by atoms with Crippen molar-refractivity contribution in [1.29, 1.82) is 0 Å². The summed E-state index contributed by atoms with van der Waals surface area (Å²) in [5.74, 6) is -0.983. The predicted octanol–water partition coefficient (Wildman–Crippen LogP) is 4.64. The second kappa shape index (κ2) is 11.6. The Morgan fingerprint density at radius 2 is 1.90 bits per heavy atom. The Labute approximate surface area is 246 Å². The van der Waals surface area contributed by atoms with Gasteiger partial charge in [-0.2, -0.15) is 0 Å². The maximum absolute atomic E-state index is 15.7. The molecular weight excluding hydrogens is 632 g/mol. The van der Waals surface area contributed by atoms with Gasteiger partial charge in [-0.1, -0.05) is 0 Å². The van der Waals surface area contributed by atoms with E-state index in [0.29, 0.717) is 20.6 Å². The van der Waals surface area contributed by atoms with Crippen molar-refractivity contribution in [3.05, 3.63) is 56.7 Å². The van der Waals surface area contributed by atoms with Gasteiger partial charge in [0.05, 0.1) is 30.1 Å². The summed E-state index contributed by atoms with van der Waals surface area (Å²) in [6.45, 7) is 8.05. The number of methoxy groups -OCH3 is 1. The molecule has 0 aliphatic carbocycles. The number of hydrogen-bond donors (Lipinski definition) is 1. The smallest absolute Gasteiger partial charge is 0.410 e. The number of nitrogens with zero attached hydrogens (tertiary/aromatic N) is 4. The number of aromatic nitrogens is 2. The zero-order chi connectivity index (χ0) is 29.4. The van der Waals surface area contributed by atoms with E-state index in [1.165, 1.54) is 20.2 Å². The number of ether oxygens (including phenoxy) is 2. The minimum absolute atomic E-state index is 0.194. The number of halogens is 2. The molecule has 1 fully saturated rings. The molecule has 0 radical (unpaired) electrons. The number of nitrogens with one attached hydrogen (secondary N) is 1. The Morgan fingerprint density at radius 1 is 1.18 bits per heavy atom. The summed E-state index contributed by atoms with van der Waals surface area (Å²) in [6.07, 6.45) is 1.12. The van der Waals surface area contributed by atoms with E-state index in [-0.39, 0.29) is 37.2 Å². The standard InChI is InChI=1S/C28H33FIN5O5/c1-16-7-8-35-21(14-18-15-33(26(37)39-6)9-10-34(18)27(38)40-28(2,3)4)24(32-22(35)11-16)23-19(29)12-17(13-20(23)30)25(36)31-5/h7-8,11-13,18H,9-10,14-15H2,1-6H3,(H,31,36)/t18-/m0/s1. The summed E-state index contributed by atoms with van der Waals surface area (Å²) in [6, 6.07) is 6.12. The first-order valence-electron chi connectivity index (χ1n) is 12.8. The Morgan fingerprint density at radius 3 is 2.52 bits per heavy atom. The molecule has 3 heterocycles. The van der Waals surface area contributed by atoms with E-state index in [1.807, 2.05) is 52.2 Å². The number of imidazole rings is 1. The van der Waals surface area contributed by atoms with Crippen molar-refractivity contribution in [1.82, 2.24) is 24.5 Å². The largest absolute Gasteiger partial charge is 0.453 e. The highest BCUT2D eigenvalue weighted by atomic mass is 127. The number of hydrogen-bond acceptors (Lipinski definition) is 6. The van der Waals surface area contributed by atoms with Crippen molar-refractivity contribution < 1.29 is 28.2 Å². The van der Waals surface area contributed by atoms with E-state index < -0.39 is 35.6 Å². The van der Waals surface area contributed by atoms with Crippen LogP contribution in [0.1, 0.15) is 42.4 Å². The first kappa shape index (κ1) is 29.6. The molecule has 2 aromatic heterocycles. The lowest BCUT2D eigenvalue weighted by molar-refractivity contribution is -0.00127. The Balaban J connectivity index is 1.84. The highest BCUT2D eigenvalue weighted by Crippen LogP contribution is 2.34. The third-order valence-electron chi connectivity index (χ3n) is 6.62. The van der Waals surface area contributed by atoms with Crippen molar-refractivity contribution in [3.63, 3.8) is 0 Å². The van der Waals surface area contributed by atoms with Gasteiger partial charge >= 0.3 is 12.2 Å². The van der Waals surface area contributed by atoms with Crippen LogP contribution in [-0.2, 0) is 15.9 Å². The molecule has 0 saturated carbocycles. The van der Waals surface area contributed by atoms with Gasteiger partial charge < -0.3 is 29.0 Å². The Hall–Kier alpha value is -3.42. The van der Waals surface area contributed by atoms with Crippen LogP contribution >= 0.6 is 22.6 Å². The molecule has 40 heavy (non-hydrogen) atoms. The van der Waals surface area contributed by atoms with Gasteiger partial charge in [-0.15, -0.1) is 0 Å². The third kappa shape index (κ3) is 6.16. The number of fused-ring (bicyclic) bond motifs is 1. The average Bonchev–Trinajstić information content (AvgIpc) is 3.22. The van der Waals surface area contributed by atoms with Crippen LogP contribution in [-0.4, -0.2) is 82.7 Å². The Bertz CT molecular complexity index is 1440. The van der Waals surface area contributed by atoms with Gasteiger partial charge in [-0.05, 0) is 80.1 Å². The molecular formula is C28H33FIN5O5. The van der Waals surface area contributed by atoms with Crippen molar-refractivity contribution in [2.45, 2.75) is 45.8 Å². The van der Waals surface area contributed by atoms with E-state index in [2.05, 4.69) is 5.32 Å². The molecule has 4 rings (SSSR count). The van der Waals surface area contributed by atoms with Crippen LogP contribution in [0.2, 0.25) is 0 Å². The molecule has 214 valence electrons. The van der Waals surface area contributed by atoms with Crippen LogP contribution in [0.25, 0.3) is 16.9 Å². The fourth-order valence-electron chi connectivity index (χ4n) is 4.78. The molecule has 0 bridgehead atoms. The summed E-state index contributed by atoms with van der Waals surface area (Å²) < 4.78 is 28.7. The van der Waals surface area contributed by atoms with Crippen LogP contribution in [0.3, 0.4) is 0 Å². The second-order valence-corrected chi connectivity index (χ2v) is 11.8. The minimum Gasteiger partial charge on any atom is -0.453 e. The van der Waals surface area contributed by atoms with Crippen molar-refractivity contribution >= 4 is 46.3 Å². The SMILES string of the molecule is CNC(=O)c1cc(F)c(-c2nc3cc(C)ccn3c2C[C@H]2CN(C(=O)OC)CCN2C(=O)OC(C)(C)C)c(I)c1. The van der Waals surface area contributed by atoms with E-state index in [1.54, 1.807) is 36.6 Å². The molecule has 0 unspecified atom stereocenters. The van der Waals surface area contributed by atoms with Crippen LogP contribution in [0.15, 0.2) is 30.5 Å². The summed E-state index contributed by atoms with van der Waals surface area (Å²) in [7, 11) is 2.80. The number of carbonyl (C=O) groups is 3. The summed E-state index contributed by atoms with van der Waals surface area (Å²) >= 11 is 2.01. The van der Waals surface area contributed by atoms with Gasteiger partial charge in [0.2, 0.25) is 0 Å². The van der Waals surface area contributed by atoms with Gasteiger partial charge in [-0.25, -0.2) is 19.0 Å². The lowest BCUT2D eigenvalue weighted by Gasteiger charge is -2.41. The van der Waals surface area contributed by atoms with Crippen molar-refractivity contribution in [2.24, 2.45) is 0 Å². The van der Waals surface area contributed by atoms with E-state index in [4.69, 9.17) is 14.5 Å². The lowest BCUT2D eigenvalue weighted by atomic mass is 10.0. The minimum atomic E-state index is -0.709. The molecule has 1 aliphatic rings. The fraction of sp³-hybridized carbons (Fsp3) is 0.429. The van der Waals surface area contributed by atoms with Crippen molar-refractivity contribution in [2.75, 3.05) is 33.8 Å². The molecule has 0 spiro atoms. The molecule has 1 aliphatic heterocycles. The van der Waals surface area contributed by atoms with Crippen LogP contribution in [0.4, 0.5) is 14.0 Å². The van der Waals surface area contributed by atoms with Crippen LogP contribution in [0.5, 0.6) is 0 Å². The monoisotopic (exact) mass is 665 g/mol. The summed E-state index contributed by atoms with van der Waals surface area (Å²) in [5, 5.41) is 2.52. The summed E-state index contributed by atoms with van der Waals surface area (Å²) in [5.41, 5.74) is 2.39. The number of carbonyl (C=O) groups excluding carboxylic acids is 3. The van der Waals surface area contributed by atoms with Crippen LogP contribution in [0, 0.1) is 16.3 Å². The van der Waals surface area contributed by atoms with Gasteiger partial charge in [0.25, 0.3) is 5.91 Å². The van der Waals surface area contributed by atoms with E-state index in [9.17, 15) is 14.4 Å². The second-order valence-electron chi connectivity index (χ2n) is 10.7. The number of aryl methyl sites for hydroxylation is 1. The number of piperazine rings is 1. The average molecular weight is 666 g/mol. The number of amides is 3. The zero-order valence-electron chi connectivity index (χ0n) is 23.4. The normalized spacial score (nSPS) is 15.8. The van der Waals surface area contributed by atoms with Gasteiger partial charge in [0, 0.05) is 48.4 Å². The first-order valence-corrected chi connectivity index (χ1v) is 13.9.